The molecule has 1 N–H and O–H groups in total. The monoisotopic (exact) mass is 265 g/mol. The number of halogens is 1. The van der Waals surface area contributed by atoms with Crippen molar-refractivity contribution in [2.75, 3.05) is 20.1 Å². The minimum Gasteiger partial charge on any atom is -0.344 e. The third-order valence-electron chi connectivity index (χ3n) is 2.53. The molecule has 8 heteroatoms. The molecule has 98 valence electrons. The largest absolute Gasteiger partial charge is 0.344 e. The van der Waals surface area contributed by atoms with Gasteiger partial charge in [0.1, 0.15) is 0 Å². The number of rotatable bonds is 0. The summed E-state index contributed by atoms with van der Waals surface area (Å²) in [5.74, 6) is 1.14. The Morgan fingerprint density at radius 2 is 1.94 bits per heavy atom. The van der Waals surface area contributed by atoms with Gasteiger partial charge in [0.05, 0.1) is 14.9 Å². The number of fused-ring (bicyclic) bond motifs is 1. The Kier molecular flexibility index (Phi) is 4.34. The molecule has 7 nitrogen and oxygen atoms in total. The molecule has 0 aliphatic carbocycles. The number of allylic oxidation sites excluding steroid dienone is 1. The fourth-order valence-electron chi connectivity index (χ4n) is 1.85. The third-order valence-corrected chi connectivity index (χ3v) is 2.53. The first-order valence-electron chi connectivity index (χ1n) is 5.06. The van der Waals surface area contributed by atoms with Crippen LogP contribution in [0.4, 0.5) is 0 Å². The SMILES string of the molecule is CC1=CC(C)N2CCN(C)C2=N1.[O-][Cl+3]([O-])([O-])O. The summed E-state index contributed by atoms with van der Waals surface area (Å²) in [5, 5.41) is 0. The van der Waals surface area contributed by atoms with Gasteiger partial charge in [-0.1, -0.05) is 0 Å². The van der Waals surface area contributed by atoms with Gasteiger partial charge >= 0.3 is 0 Å². The van der Waals surface area contributed by atoms with Gasteiger partial charge in [-0.3, -0.25) is 0 Å². The number of nitrogens with zero attached hydrogens (tertiary/aromatic N) is 3. The van der Waals surface area contributed by atoms with Gasteiger partial charge in [-0.25, -0.2) is 4.99 Å². The molecule has 2 rings (SSSR count). The summed E-state index contributed by atoms with van der Waals surface area (Å²) in [6.45, 7) is 6.49. The number of hydrogen-bond acceptors (Lipinski definition) is 7. The lowest BCUT2D eigenvalue weighted by molar-refractivity contribution is -1.92. The number of likely N-dealkylation sites (N-methyl/N-ethyl adjacent to an activating group) is 1. The molecular weight excluding hydrogens is 250 g/mol. The highest BCUT2D eigenvalue weighted by atomic mass is 35.7. The Balaban J connectivity index is 0.000000249. The van der Waals surface area contributed by atoms with Crippen LogP contribution in [0.1, 0.15) is 13.8 Å². The van der Waals surface area contributed by atoms with Crippen molar-refractivity contribution >= 4 is 5.96 Å². The van der Waals surface area contributed by atoms with Crippen molar-refractivity contribution in [3.63, 3.8) is 0 Å². The molecule has 0 spiro atoms. The van der Waals surface area contributed by atoms with E-state index in [0.29, 0.717) is 6.04 Å². The highest BCUT2D eigenvalue weighted by molar-refractivity contribution is 5.84. The van der Waals surface area contributed by atoms with Gasteiger partial charge in [-0.05, 0) is 19.9 Å². The van der Waals surface area contributed by atoms with Gasteiger partial charge in [0, 0.05) is 31.9 Å². The second kappa shape index (κ2) is 5.19. The molecule has 0 saturated carbocycles. The van der Waals surface area contributed by atoms with Crippen LogP contribution < -0.4 is 14.0 Å². The molecule has 17 heavy (non-hydrogen) atoms. The van der Waals surface area contributed by atoms with E-state index in [4.69, 9.17) is 18.6 Å². The van der Waals surface area contributed by atoms with Gasteiger partial charge in [-0.15, -0.1) is 0 Å². The van der Waals surface area contributed by atoms with Crippen LogP contribution in [0.15, 0.2) is 16.8 Å². The first-order chi connectivity index (χ1) is 7.68. The maximum absolute atomic E-state index is 8.60. The first kappa shape index (κ1) is 14.2. The Labute approximate surface area is 102 Å². The zero-order chi connectivity index (χ0) is 13.2. The molecule has 0 bridgehead atoms. The molecule has 0 radical (unpaired) electrons. The van der Waals surface area contributed by atoms with Crippen LogP contribution in [0.25, 0.3) is 0 Å². The average molecular weight is 266 g/mol. The van der Waals surface area contributed by atoms with Crippen LogP contribution in [0.3, 0.4) is 0 Å². The Morgan fingerprint density at radius 3 is 2.47 bits per heavy atom. The van der Waals surface area contributed by atoms with Crippen LogP contribution in [0.5, 0.6) is 0 Å². The zero-order valence-corrected chi connectivity index (χ0v) is 10.7. The van der Waals surface area contributed by atoms with Gasteiger partial charge in [-0.2, -0.15) is 14.0 Å². The van der Waals surface area contributed by atoms with Crippen LogP contribution >= 0.6 is 0 Å². The molecule has 1 atom stereocenters. The van der Waals surface area contributed by atoms with Crippen molar-refractivity contribution in [3.8, 4) is 0 Å². The molecule has 0 aromatic heterocycles. The van der Waals surface area contributed by atoms with E-state index < -0.39 is 10.2 Å². The fraction of sp³-hybridized carbons (Fsp3) is 0.667. The molecular formula is C9H16ClN3O4. The van der Waals surface area contributed by atoms with E-state index >= 15 is 0 Å². The van der Waals surface area contributed by atoms with Crippen LogP contribution in [-0.2, 0) is 0 Å². The Morgan fingerprint density at radius 1 is 1.41 bits per heavy atom. The number of aliphatic imine (C=N–C) groups is 1. The molecule has 0 amide bonds. The minimum atomic E-state index is -4.69. The van der Waals surface area contributed by atoms with Crippen LogP contribution in [0, 0.1) is 10.2 Å². The van der Waals surface area contributed by atoms with E-state index in [-0.39, 0.29) is 0 Å². The highest BCUT2D eigenvalue weighted by Gasteiger charge is 2.28. The quantitative estimate of drug-likeness (QED) is 0.493. The van der Waals surface area contributed by atoms with Crippen molar-refractivity contribution in [2.24, 2.45) is 4.99 Å². The van der Waals surface area contributed by atoms with E-state index in [9.17, 15) is 0 Å². The summed E-state index contributed by atoms with van der Waals surface area (Å²) in [6, 6.07) is 0.516. The predicted octanol–water partition coefficient (Wildman–Crippen LogP) is -3.23. The minimum absolute atomic E-state index is 0.516. The highest BCUT2D eigenvalue weighted by Crippen LogP contribution is 2.19. The van der Waals surface area contributed by atoms with Crippen LogP contribution in [-0.4, -0.2) is 46.6 Å². The third kappa shape index (κ3) is 4.49. The molecule has 0 aromatic rings. The topological polar surface area (TPSA) is 108 Å². The normalized spacial score (nSPS) is 23.6. The van der Waals surface area contributed by atoms with E-state index in [2.05, 4.69) is 41.8 Å². The number of hydrogen-bond donors (Lipinski definition) is 1. The molecule has 1 fully saturated rings. The van der Waals surface area contributed by atoms with Crippen molar-refractivity contribution in [1.82, 2.24) is 9.80 Å². The van der Waals surface area contributed by atoms with E-state index in [0.717, 1.165) is 24.7 Å². The summed E-state index contributed by atoms with van der Waals surface area (Å²) >= 11 is 0. The van der Waals surface area contributed by atoms with E-state index in [1.165, 1.54) is 0 Å². The smallest absolute Gasteiger partial charge is 0.201 e. The standard InChI is InChI=1S/C9H15N3.ClHO4/c1-7-6-8(2)12-5-4-11(3)9(12)10-7;2-1(3,4)5/h6,8H,4-5H2,1-3H3;(H,2,3,4,5). The second-order valence-corrected chi connectivity index (χ2v) is 4.76. The Bertz CT molecular complexity index is 334. The van der Waals surface area contributed by atoms with Crippen molar-refractivity contribution in [3.05, 3.63) is 11.8 Å². The van der Waals surface area contributed by atoms with Gasteiger partial charge in [0.25, 0.3) is 0 Å². The van der Waals surface area contributed by atoms with E-state index in [1.807, 2.05) is 0 Å². The second-order valence-electron chi connectivity index (χ2n) is 3.97. The lowest BCUT2D eigenvalue weighted by atomic mass is 10.2. The summed E-state index contributed by atoms with van der Waals surface area (Å²) in [7, 11) is -2.59. The maximum atomic E-state index is 8.60. The van der Waals surface area contributed by atoms with Gasteiger partial charge in [0.15, 0.2) is 0 Å². The molecule has 2 aliphatic heterocycles. The Hall–Kier alpha value is -0.860. The van der Waals surface area contributed by atoms with Gasteiger partial charge in [0.2, 0.25) is 5.96 Å². The fourth-order valence-corrected chi connectivity index (χ4v) is 1.85. The average Bonchev–Trinajstić information content (AvgIpc) is 2.45. The van der Waals surface area contributed by atoms with Crippen molar-refractivity contribution < 1.29 is 28.9 Å². The summed E-state index contributed by atoms with van der Waals surface area (Å²) in [4.78, 5) is 9.06. The first-order valence-corrected chi connectivity index (χ1v) is 6.33. The van der Waals surface area contributed by atoms with Crippen molar-refractivity contribution in [2.45, 2.75) is 19.9 Å². The molecule has 2 heterocycles. The molecule has 0 aromatic carbocycles. The summed E-state index contributed by atoms with van der Waals surface area (Å²) in [5.41, 5.74) is 1.14. The predicted molar refractivity (Wildman–Crippen MR) is 52.2 cm³/mol. The van der Waals surface area contributed by atoms with Gasteiger partial charge < -0.3 is 9.80 Å². The van der Waals surface area contributed by atoms with E-state index in [1.54, 1.807) is 0 Å². The number of guanidine groups is 1. The zero-order valence-electron chi connectivity index (χ0n) is 9.96. The molecule has 1 saturated heterocycles. The van der Waals surface area contributed by atoms with Crippen molar-refractivity contribution in [1.29, 1.82) is 0 Å². The lowest BCUT2D eigenvalue weighted by Gasteiger charge is -2.28. The van der Waals surface area contributed by atoms with Crippen LogP contribution in [0.2, 0.25) is 0 Å². The molecule has 1 unspecified atom stereocenters. The summed E-state index contributed by atoms with van der Waals surface area (Å²) < 4.78 is 32.7. The lowest BCUT2D eigenvalue weighted by Crippen LogP contribution is -2.58. The molecule has 2 aliphatic rings. The maximum Gasteiger partial charge on any atom is 0.201 e. The summed E-state index contributed by atoms with van der Waals surface area (Å²) in [6.07, 6.45) is 2.21.